The average molecular weight is 489 g/mol. The fraction of sp³-hybridized carbons (Fsp3) is 0.967. The van der Waals surface area contributed by atoms with Crippen molar-refractivity contribution in [3.8, 4) is 0 Å². The third-order valence-electron chi connectivity index (χ3n) is 12.4. The molecule has 6 fully saturated rings. The monoisotopic (exact) mass is 488 g/mol. The number of aliphatic hydroxyl groups is 1. The van der Waals surface area contributed by atoms with Crippen LogP contribution in [0, 0.1) is 52.3 Å². The average Bonchev–Trinajstić information content (AvgIpc) is 3.19. The van der Waals surface area contributed by atoms with E-state index in [1.807, 2.05) is 0 Å². The van der Waals surface area contributed by atoms with E-state index in [2.05, 4.69) is 34.6 Å². The van der Waals surface area contributed by atoms with Crippen molar-refractivity contribution in [1.29, 1.82) is 0 Å². The van der Waals surface area contributed by atoms with Gasteiger partial charge in [-0.15, -0.1) is 0 Å². The van der Waals surface area contributed by atoms with Crippen LogP contribution in [0.4, 0.5) is 0 Å². The number of hydrogen-bond donors (Lipinski definition) is 1. The molecular weight excluding hydrogens is 440 g/mol. The van der Waals surface area contributed by atoms with Gasteiger partial charge in [-0.05, 0) is 105 Å². The van der Waals surface area contributed by atoms with Gasteiger partial charge in [0.2, 0.25) is 0 Å². The van der Waals surface area contributed by atoms with Gasteiger partial charge >= 0.3 is 5.97 Å². The molecule has 35 heavy (non-hydrogen) atoms. The summed E-state index contributed by atoms with van der Waals surface area (Å²) >= 11 is 0. The number of ether oxygens (including phenoxy) is 3. The van der Waals surface area contributed by atoms with E-state index in [-0.39, 0.29) is 29.0 Å². The molecule has 4 saturated carbocycles. The molecule has 0 unspecified atom stereocenters. The smallest absolute Gasteiger partial charge is 0.302 e. The zero-order chi connectivity index (χ0) is 25.0. The number of fused-ring (bicyclic) bond motifs is 7. The topological polar surface area (TPSA) is 65.0 Å². The molecule has 0 radical (unpaired) electrons. The first-order valence-electron chi connectivity index (χ1n) is 14.6. The van der Waals surface area contributed by atoms with E-state index in [0.717, 1.165) is 45.1 Å². The largest absolute Gasteiger partial charge is 0.463 e. The molecule has 0 aromatic heterocycles. The molecule has 0 aromatic rings. The van der Waals surface area contributed by atoms with E-state index in [4.69, 9.17) is 14.2 Å². The van der Waals surface area contributed by atoms with Crippen molar-refractivity contribution in [1.82, 2.24) is 0 Å². The van der Waals surface area contributed by atoms with Crippen LogP contribution in [-0.2, 0) is 19.0 Å². The predicted molar refractivity (Wildman–Crippen MR) is 133 cm³/mol. The standard InChI is InChI=1S/C30H48O5/c1-17-9-12-30(33-15-17)18(2)25-24(35-30)14-23-22-8-7-20-13-21(34-19(3)31)10-11-27(20,4)26(22)29(6,32)16-28(23,25)5/h17-18,20-26,32H,7-16H2,1-6H3/t17-,18+,20+,21-,22+,23-,24-,25-,26+,27-,28-,29-,30+/m0/s1. The number of carbonyl (C=O) groups is 1. The van der Waals surface area contributed by atoms with Crippen molar-refractivity contribution in [3.05, 3.63) is 0 Å². The van der Waals surface area contributed by atoms with Crippen LogP contribution in [0.3, 0.4) is 0 Å². The first kappa shape index (κ1) is 24.7. The van der Waals surface area contributed by atoms with Crippen LogP contribution in [-0.4, -0.2) is 41.3 Å². The first-order valence-corrected chi connectivity index (χ1v) is 14.6. The Morgan fingerprint density at radius 3 is 2.46 bits per heavy atom. The zero-order valence-electron chi connectivity index (χ0n) is 22.8. The maximum atomic E-state index is 12.3. The molecule has 0 aromatic carbocycles. The lowest BCUT2D eigenvalue weighted by Gasteiger charge is -2.65. The summed E-state index contributed by atoms with van der Waals surface area (Å²) in [5, 5.41) is 12.3. The van der Waals surface area contributed by atoms with Gasteiger partial charge in [0.05, 0.1) is 18.3 Å². The van der Waals surface area contributed by atoms with E-state index in [1.165, 1.54) is 26.2 Å². The van der Waals surface area contributed by atoms with Crippen molar-refractivity contribution in [2.45, 2.75) is 123 Å². The summed E-state index contributed by atoms with van der Waals surface area (Å²) in [4.78, 5) is 11.6. The Morgan fingerprint density at radius 1 is 1.00 bits per heavy atom. The summed E-state index contributed by atoms with van der Waals surface area (Å²) < 4.78 is 19.0. The van der Waals surface area contributed by atoms with Crippen LogP contribution in [0.2, 0.25) is 0 Å². The highest BCUT2D eigenvalue weighted by molar-refractivity contribution is 5.66. The fourth-order valence-electron chi connectivity index (χ4n) is 11.4. The minimum atomic E-state index is -0.691. The molecule has 1 spiro atoms. The number of rotatable bonds is 1. The van der Waals surface area contributed by atoms with E-state index >= 15 is 0 Å². The summed E-state index contributed by atoms with van der Waals surface area (Å²) in [5.41, 5.74) is -0.495. The molecule has 1 N–H and O–H groups in total. The van der Waals surface area contributed by atoms with E-state index in [1.54, 1.807) is 0 Å². The van der Waals surface area contributed by atoms with Gasteiger partial charge in [-0.3, -0.25) is 4.79 Å². The molecule has 4 aliphatic carbocycles. The van der Waals surface area contributed by atoms with E-state index < -0.39 is 11.4 Å². The maximum Gasteiger partial charge on any atom is 0.302 e. The summed E-state index contributed by atoms with van der Waals surface area (Å²) in [7, 11) is 0. The van der Waals surface area contributed by atoms with Crippen molar-refractivity contribution in [3.63, 3.8) is 0 Å². The van der Waals surface area contributed by atoms with E-state index in [0.29, 0.717) is 41.4 Å². The highest BCUT2D eigenvalue weighted by atomic mass is 16.7. The van der Waals surface area contributed by atoms with Gasteiger partial charge in [-0.1, -0.05) is 27.7 Å². The second kappa shape index (κ2) is 7.93. The molecule has 6 rings (SSSR count). The molecule has 2 heterocycles. The lowest BCUT2D eigenvalue weighted by atomic mass is 9.41. The van der Waals surface area contributed by atoms with Crippen LogP contribution >= 0.6 is 0 Å². The van der Waals surface area contributed by atoms with Gasteiger partial charge in [0.15, 0.2) is 5.79 Å². The minimum absolute atomic E-state index is 0.0513. The molecule has 5 nitrogen and oxygen atoms in total. The van der Waals surface area contributed by atoms with Crippen molar-refractivity contribution in [2.75, 3.05) is 6.61 Å². The van der Waals surface area contributed by atoms with Crippen LogP contribution in [0.25, 0.3) is 0 Å². The third kappa shape index (κ3) is 3.46. The number of esters is 1. The number of hydrogen-bond acceptors (Lipinski definition) is 5. The van der Waals surface area contributed by atoms with Gasteiger partial charge in [-0.25, -0.2) is 0 Å². The Bertz CT molecular complexity index is 861. The van der Waals surface area contributed by atoms with Gasteiger partial charge in [-0.2, -0.15) is 0 Å². The second-order valence-electron chi connectivity index (χ2n) is 14.5. The highest BCUT2D eigenvalue weighted by Gasteiger charge is 2.72. The fourth-order valence-corrected chi connectivity index (χ4v) is 11.4. The Kier molecular flexibility index (Phi) is 5.59. The molecule has 2 saturated heterocycles. The second-order valence-corrected chi connectivity index (χ2v) is 14.5. The normalized spacial score (nSPS) is 59.3. The summed E-state index contributed by atoms with van der Waals surface area (Å²) in [6.07, 6.45) is 9.79. The van der Waals surface area contributed by atoms with Crippen LogP contribution in [0.5, 0.6) is 0 Å². The van der Waals surface area contributed by atoms with E-state index in [9.17, 15) is 9.90 Å². The summed E-state index contributed by atoms with van der Waals surface area (Å²) in [5.74, 6) is 2.85. The van der Waals surface area contributed by atoms with Gasteiger partial charge in [0, 0.05) is 19.3 Å². The van der Waals surface area contributed by atoms with Gasteiger partial charge < -0.3 is 19.3 Å². The Hall–Kier alpha value is -0.650. The molecule has 0 amide bonds. The summed E-state index contributed by atoms with van der Waals surface area (Å²) in [6.45, 7) is 14.1. The molecule has 198 valence electrons. The third-order valence-corrected chi connectivity index (χ3v) is 12.4. The van der Waals surface area contributed by atoms with Crippen LogP contribution in [0.15, 0.2) is 0 Å². The number of carbonyl (C=O) groups excluding carboxylic acids is 1. The molecule has 13 atom stereocenters. The van der Waals surface area contributed by atoms with Gasteiger partial charge in [0.1, 0.15) is 6.10 Å². The predicted octanol–water partition coefficient (Wildman–Crippen LogP) is 5.73. The quantitative estimate of drug-likeness (QED) is 0.478. The SMILES string of the molecule is CC(=O)O[C@H]1CC[C@@]2(C)[C@H](CC[C@H]3[C@H]2[C@@](C)(O)C[C@]2(C)[C@@H]4[C@H](C[C@@H]32)O[C@]2(CC[C@H](C)CO2)[C@@H]4C)C1. The lowest BCUT2D eigenvalue weighted by Crippen LogP contribution is -2.64. The Morgan fingerprint density at radius 2 is 1.77 bits per heavy atom. The lowest BCUT2D eigenvalue weighted by molar-refractivity contribution is -0.276. The minimum Gasteiger partial charge on any atom is -0.463 e. The molecule has 2 aliphatic heterocycles. The highest BCUT2D eigenvalue weighted by Crippen LogP contribution is 2.73. The zero-order valence-corrected chi connectivity index (χ0v) is 22.8. The van der Waals surface area contributed by atoms with Crippen molar-refractivity contribution < 1.29 is 24.1 Å². The molecule has 5 heteroatoms. The maximum absolute atomic E-state index is 12.3. The molecular formula is C30H48O5. The Balaban J connectivity index is 1.28. The van der Waals surface area contributed by atoms with Gasteiger partial charge in [0.25, 0.3) is 0 Å². The van der Waals surface area contributed by atoms with Crippen LogP contribution < -0.4 is 0 Å². The van der Waals surface area contributed by atoms with Crippen LogP contribution in [0.1, 0.15) is 99.3 Å². The molecule has 0 bridgehead atoms. The summed E-state index contributed by atoms with van der Waals surface area (Å²) in [6, 6.07) is 0. The Labute approximate surface area is 212 Å². The van der Waals surface area contributed by atoms with Crippen molar-refractivity contribution >= 4 is 5.97 Å². The van der Waals surface area contributed by atoms with Crippen molar-refractivity contribution in [2.24, 2.45) is 52.3 Å². The molecule has 6 aliphatic rings. The first-order chi connectivity index (χ1) is 16.4.